The van der Waals surface area contributed by atoms with Crippen LogP contribution in [0.25, 0.3) is 62.4 Å². The van der Waals surface area contributed by atoms with Crippen LogP contribution < -0.4 is 32.4 Å². The number of nitrogens with zero attached hydrogens (tertiary/aromatic N) is 4. The molecule has 0 spiro atoms. The van der Waals surface area contributed by atoms with Gasteiger partial charge in [-0.2, -0.15) is 0 Å². The van der Waals surface area contributed by atoms with Crippen LogP contribution >= 0.6 is 34.0 Å². The number of thiophene rings is 3. The largest absolute Gasteiger partial charge is 0.337 e. The quantitative estimate of drug-likeness (QED) is 0.158. The zero-order valence-corrected chi connectivity index (χ0v) is 30.9. The first kappa shape index (κ1) is 32.1. The second-order valence-corrected chi connectivity index (χ2v) is 16.7. The van der Waals surface area contributed by atoms with Crippen molar-refractivity contribution in [2.75, 3.05) is 0 Å². The van der Waals surface area contributed by atoms with E-state index in [2.05, 4.69) is 46.8 Å². The summed E-state index contributed by atoms with van der Waals surface area (Å²) < 4.78 is 9.30. The number of hydrogen-bond acceptors (Lipinski definition) is 9. The van der Waals surface area contributed by atoms with E-state index in [0.29, 0.717) is 43.4 Å². The van der Waals surface area contributed by atoms with Gasteiger partial charge in [0.1, 0.15) is 10.0 Å². The van der Waals surface area contributed by atoms with Gasteiger partial charge in [-0.05, 0) is 24.0 Å². The zero-order chi connectivity index (χ0) is 35.3. The maximum atomic E-state index is 13.2. The summed E-state index contributed by atoms with van der Waals surface area (Å²) in [5.74, 6) is 0.820. The SMILES string of the molecule is CCC(C)Cn1c2cc(N=c3c(=O)c4ccccc4c3=O)sc2c2sc3c4sc(N=c5c(=O)c6ccccc6c5=O)cc4n(CC(C)CC)c3c21. The Kier molecular flexibility index (Phi) is 7.47. The first-order chi connectivity index (χ1) is 24.7. The third-order valence-electron chi connectivity index (χ3n) is 10.3. The summed E-state index contributed by atoms with van der Waals surface area (Å²) in [7, 11) is 0. The normalized spacial score (nSPS) is 13.6. The molecule has 0 aliphatic carbocycles. The lowest BCUT2D eigenvalue weighted by Crippen LogP contribution is -2.31. The Hall–Kier alpha value is -4.84. The van der Waals surface area contributed by atoms with Gasteiger partial charge in [0.25, 0.3) is 0 Å². The van der Waals surface area contributed by atoms with Crippen LogP contribution in [0.2, 0.25) is 0 Å². The molecule has 0 saturated carbocycles. The number of fused-ring (bicyclic) bond motifs is 9. The minimum absolute atomic E-state index is 0.0297. The second kappa shape index (κ2) is 11.9. The van der Waals surface area contributed by atoms with Crippen LogP contribution in [-0.2, 0) is 13.1 Å². The molecule has 11 heteroatoms. The van der Waals surface area contributed by atoms with Crippen molar-refractivity contribution < 1.29 is 0 Å². The molecule has 0 aliphatic rings. The summed E-state index contributed by atoms with van der Waals surface area (Å²) in [6.07, 6.45) is 2.03. The topological polar surface area (TPSA) is 103 Å². The van der Waals surface area contributed by atoms with E-state index in [9.17, 15) is 19.2 Å². The van der Waals surface area contributed by atoms with Crippen LogP contribution in [0.4, 0.5) is 10.0 Å². The van der Waals surface area contributed by atoms with Crippen molar-refractivity contribution in [1.29, 1.82) is 0 Å². The molecule has 0 bridgehead atoms. The van der Waals surface area contributed by atoms with Crippen LogP contribution in [0.3, 0.4) is 0 Å². The van der Waals surface area contributed by atoms with Crippen LogP contribution in [-0.4, -0.2) is 9.13 Å². The highest BCUT2D eigenvalue weighted by molar-refractivity contribution is 7.35. The van der Waals surface area contributed by atoms with Crippen LogP contribution in [0.15, 0.2) is 89.8 Å². The summed E-state index contributed by atoms with van der Waals surface area (Å²) in [5, 5.41) is 2.84. The Labute approximate surface area is 301 Å². The van der Waals surface area contributed by atoms with Crippen molar-refractivity contribution in [2.45, 2.75) is 53.6 Å². The molecule has 0 fully saturated rings. The van der Waals surface area contributed by atoms with Gasteiger partial charge in [-0.15, -0.1) is 34.0 Å². The molecule has 0 radical (unpaired) electrons. The lowest BCUT2D eigenvalue weighted by Gasteiger charge is -2.15. The molecule has 8 nitrogen and oxygen atoms in total. The summed E-state index contributed by atoms with van der Waals surface area (Å²) in [6, 6.07) is 17.9. The van der Waals surface area contributed by atoms with E-state index < -0.39 is 0 Å². The van der Waals surface area contributed by atoms with Gasteiger partial charge < -0.3 is 9.13 Å². The van der Waals surface area contributed by atoms with Crippen molar-refractivity contribution in [3.8, 4) is 0 Å². The van der Waals surface area contributed by atoms with E-state index in [1.54, 1.807) is 59.9 Å². The van der Waals surface area contributed by atoms with E-state index in [0.717, 1.165) is 55.8 Å². The Morgan fingerprint density at radius 3 is 1.24 bits per heavy atom. The maximum absolute atomic E-state index is 13.2. The molecule has 9 rings (SSSR count). The fraction of sp³-hybridized carbons (Fsp3) is 0.250. The fourth-order valence-electron chi connectivity index (χ4n) is 7.20. The van der Waals surface area contributed by atoms with Crippen molar-refractivity contribution in [3.63, 3.8) is 0 Å². The molecule has 0 N–H and O–H groups in total. The Balaban J connectivity index is 1.31. The van der Waals surface area contributed by atoms with Gasteiger partial charge in [-0.3, -0.25) is 19.2 Å². The van der Waals surface area contributed by atoms with Crippen LogP contribution in [0.5, 0.6) is 0 Å². The number of aromatic nitrogens is 2. The molecule has 4 aromatic carbocycles. The average molecular weight is 729 g/mol. The Bertz CT molecular complexity index is 2890. The molecule has 0 saturated heterocycles. The predicted octanol–water partition coefficient (Wildman–Crippen LogP) is 8.14. The molecule has 0 amide bonds. The molecule has 9 aromatic rings. The predicted molar refractivity (Wildman–Crippen MR) is 213 cm³/mol. The lowest BCUT2D eigenvalue weighted by molar-refractivity contribution is 0.480. The standard InChI is InChI=1S/C40H32N4O4S3/c1-5-19(3)17-43-25-15-27(41-29-33(45)21-11-7-8-12-22(21)34(29)46)49-37(25)39-31(43)32-40(51-39)38-26(44(32)18-20(4)6-2)16-28(50-38)42-30-35(47)23-13-9-10-14-24(23)36(30)48/h7-16,19-20H,5-6,17-18H2,1-4H3. The van der Waals surface area contributed by atoms with Crippen molar-refractivity contribution in [3.05, 3.63) is 112 Å². The van der Waals surface area contributed by atoms with Gasteiger partial charge in [-0.25, -0.2) is 9.98 Å². The molecule has 254 valence electrons. The zero-order valence-electron chi connectivity index (χ0n) is 28.4. The molecule has 51 heavy (non-hydrogen) atoms. The van der Waals surface area contributed by atoms with E-state index in [1.165, 1.54) is 33.7 Å². The van der Waals surface area contributed by atoms with Gasteiger partial charge in [0.05, 0.1) is 40.9 Å². The van der Waals surface area contributed by atoms with Crippen molar-refractivity contribution >= 4 is 106 Å². The Morgan fingerprint density at radius 1 is 0.549 bits per heavy atom. The number of rotatable bonds is 8. The van der Waals surface area contributed by atoms with Gasteiger partial charge in [0.15, 0.2) is 10.7 Å². The second-order valence-electron chi connectivity index (χ2n) is 13.6. The van der Waals surface area contributed by atoms with E-state index in [1.807, 2.05) is 12.1 Å². The number of hydrogen-bond donors (Lipinski definition) is 0. The van der Waals surface area contributed by atoms with Gasteiger partial charge in [0, 0.05) is 34.6 Å². The lowest BCUT2D eigenvalue weighted by atomic mass is 10.1. The minimum Gasteiger partial charge on any atom is -0.337 e. The molecule has 2 unspecified atom stereocenters. The summed E-state index contributed by atoms with van der Waals surface area (Å²) in [5.41, 5.74) is 3.18. The highest BCUT2D eigenvalue weighted by atomic mass is 32.1. The van der Waals surface area contributed by atoms with Crippen LogP contribution in [0.1, 0.15) is 40.5 Å². The molecular formula is C40H32N4O4S3. The van der Waals surface area contributed by atoms with Gasteiger partial charge in [-0.1, -0.05) is 89.1 Å². The first-order valence-corrected chi connectivity index (χ1v) is 19.7. The summed E-state index contributed by atoms with van der Waals surface area (Å²) in [4.78, 5) is 62.1. The van der Waals surface area contributed by atoms with E-state index in [4.69, 9.17) is 0 Å². The molecule has 2 atom stereocenters. The van der Waals surface area contributed by atoms with Crippen LogP contribution in [0, 0.1) is 11.8 Å². The summed E-state index contributed by atoms with van der Waals surface area (Å²) >= 11 is 4.77. The van der Waals surface area contributed by atoms with Crippen molar-refractivity contribution in [1.82, 2.24) is 9.13 Å². The smallest absolute Gasteiger partial charge is 0.216 e. The molecule has 5 aromatic heterocycles. The average Bonchev–Trinajstić information content (AvgIpc) is 3.99. The third-order valence-corrected chi connectivity index (χ3v) is 13.8. The molecular weight excluding hydrogens is 697 g/mol. The fourth-order valence-corrected chi connectivity index (χ4v) is 10.9. The third kappa shape index (κ3) is 4.74. The highest BCUT2D eigenvalue weighted by Gasteiger charge is 2.27. The summed E-state index contributed by atoms with van der Waals surface area (Å²) in [6.45, 7) is 10.5. The molecule has 0 aliphatic heterocycles. The minimum atomic E-state index is -0.327. The van der Waals surface area contributed by atoms with Gasteiger partial charge >= 0.3 is 0 Å². The number of benzene rings is 2. The highest BCUT2D eigenvalue weighted by Crippen LogP contribution is 2.51. The first-order valence-electron chi connectivity index (χ1n) is 17.2. The molecule has 5 heterocycles. The van der Waals surface area contributed by atoms with Crippen molar-refractivity contribution in [2.24, 2.45) is 21.8 Å². The van der Waals surface area contributed by atoms with Gasteiger partial charge in [0.2, 0.25) is 21.7 Å². The monoisotopic (exact) mass is 728 g/mol. The Morgan fingerprint density at radius 2 is 0.902 bits per heavy atom. The van der Waals surface area contributed by atoms with E-state index in [-0.39, 0.29) is 32.4 Å². The maximum Gasteiger partial charge on any atom is 0.216 e. The van der Waals surface area contributed by atoms with E-state index >= 15 is 0 Å².